The molecule has 0 aliphatic carbocycles. The van der Waals surface area contributed by atoms with E-state index in [9.17, 15) is 13.2 Å². The zero-order chi connectivity index (χ0) is 14.1. The second-order valence-corrected chi connectivity index (χ2v) is 5.27. The topological polar surface area (TPSA) is 12.0 Å². The van der Waals surface area contributed by atoms with Gasteiger partial charge in [-0.2, -0.15) is 13.2 Å². The van der Waals surface area contributed by atoms with E-state index in [1.165, 1.54) is 25.0 Å². The van der Waals surface area contributed by atoms with E-state index in [1.807, 2.05) is 0 Å². The summed E-state index contributed by atoms with van der Waals surface area (Å²) >= 11 is 3.38. The van der Waals surface area contributed by atoms with Gasteiger partial charge in [-0.25, -0.2) is 0 Å². The Kier molecular flexibility index (Phi) is 7.46. The summed E-state index contributed by atoms with van der Waals surface area (Å²) in [5.41, 5.74) is 0.0967. The van der Waals surface area contributed by atoms with Gasteiger partial charge < -0.3 is 5.32 Å². The number of alkyl halides is 4. The summed E-state index contributed by atoms with van der Waals surface area (Å²) in [6.45, 7) is 1.33. The van der Waals surface area contributed by atoms with Crippen molar-refractivity contribution in [2.45, 2.75) is 38.4 Å². The lowest BCUT2D eigenvalue weighted by molar-refractivity contribution is -0.137. The van der Waals surface area contributed by atoms with Crippen molar-refractivity contribution in [2.24, 2.45) is 0 Å². The van der Waals surface area contributed by atoms with Crippen molar-refractivity contribution in [1.29, 1.82) is 0 Å². The third kappa shape index (κ3) is 6.97. The van der Waals surface area contributed by atoms with Crippen LogP contribution in [0.15, 0.2) is 24.3 Å². The van der Waals surface area contributed by atoms with Crippen molar-refractivity contribution in [2.75, 3.05) is 11.9 Å². The van der Waals surface area contributed by atoms with Crippen molar-refractivity contribution in [3.8, 4) is 0 Å². The molecule has 0 aromatic heterocycles. The van der Waals surface area contributed by atoms with E-state index in [0.29, 0.717) is 12.1 Å². The van der Waals surface area contributed by atoms with Gasteiger partial charge in [0.05, 0.1) is 5.56 Å². The van der Waals surface area contributed by atoms with Crippen LogP contribution in [0, 0.1) is 0 Å². The highest BCUT2D eigenvalue weighted by atomic mass is 79.9. The second-order valence-electron chi connectivity index (χ2n) is 4.48. The fourth-order valence-corrected chi connectivity index (χ4v) is 2.18. The predicted molar refractivity (Wildman–Crippen MR) is 75.4 cm³/mol. The average Bonchev–Trinajstić information content (AvgIpc) is 2.37. The molecular weight excluding hydrogens is 319 g/mol. The Morgan fingerprint density at radius 3 is 2.47 bits per heavy atom. The van der Waals surface area contributed by atoms with Crippen molar-refractivity contribution < 1.29 is 13.2 Å². The first kappa shape index (κ1) is 16.5. The molecule has 0 saturated carbocycles. The molecule has 0 aliphatic heterocycles. The van der Waals surface area contributed by atoms with Gasteiger partial charge in [0.1, 0.15) is 0 Å². The Balaban J connectivity index is 2.26. The molecule has 0 spiro atoms. The summed E-state index contributed by atoms with van der Waals surface area (Å²) in [4.78, 5) is 0. The number of benzene rings is 1. The molecule has 1 N–H and O–H groups in total. The summed E-state index contributed by atoms with van der Waals surface area (Å²) in [5.74, 6) is 0. The third-order valence-electron chi connectivity index (χ3n) is 2.82. The number of nitrogens with one attached hydrogen (secondary N) is 1. The fraction of sp³-hybridized carbons (Fsp3) is 0.571. The Morgan fingerprint density at radius 1 is 1.05 bits per heavy atom. The van der Waals surface area contributed by atoms with E-state index in [1.54, 1.807) is 6.07 Å². The summed E-state index contributed by atoms with van der Waals surface area (Å²) in [5, 5.41) is 4.21. The predicted octanol–water partition coefficient (Wildman–Crippen LogP) is 4.75. The van der Waals surface area contributed by atoms with E-state index >= 15 is 0 Å². The Bertz CT molecular complexity index is 366. The van der Waals surface area contributed by atoms with Gasteiger partial charge in [0.2, 0.25) is 0 Å². The number of hydrogen-bond acceptors (Lipinski definition) is 1. The molecule has 0 fully saturated rings. The summed E-state index contributed by atoms with van der Waals surface area (Å²) in [7, 11) is 0. The van der Waals surface area contributed by atoms with E-state index < -0.39 is 11.7 Å². The van der Waals surface area contributed by atoms with E-state index in [-0.39, 0.29) is 0 Å². The van der Waals surface area contributed by atoms with Gasteiger partial charge in [-0.1, -0.05) is 47.0 Å². The maximum absolute atomic E-state index is 12.5. The molecule has 0 saturated heterocycles. The molecule has 1 aromatic carbocycles. The van der Waals surface area contributed by atoms with Gasteiger partial charge in [-0.3, -0.25) is 0 Å². The van der Waals surface area contributed by atoms with E-state index in [4.69, 9.17) is 0 Å². The minimum absolute atomic E-state index is 0.488. The standard InChI is InChI=1S/C14H19BrF3N/c15-8-3-1-2-4-9-19-11-12-6-5-7-13(10-12)14(16,17)18/h5-7,10,19H,1-4,8-9,11H2. The molecule has 1 rings (SSSR count). The minimum atomic E-state index is -4.26. The van der Waals surface area contributed by atoms with Gasteiger partial charge >= 0.3 is 6.18 Å². The summed E-state index contributed by atoms with van der Waals surface area (Å²) in [6, 6.07) is 5.48. The molecule has 0 bridgehead atoms. The number of rotatable bonds is 8. The molecule has 0 heterocycles. The molecule has 0 radical (unpaired) electrons. The molecule has 5 heteroatoms. The number of hydrogen-bond donors (Lipinski definition) is 1. The normalized spacial score (nSPS) is 11.8. The first-order valence-electron chi connectivity index (χ1n) is 6.47. The van der Waals surface area contributed by atoms with Crippen LogP contribution in [0.3, 0.4) is 0 Å². The van der Waals surface area contributed by atoms with Crippen LogP contribution in [-0.4, -0.2) is 11.9 Å². The van der Waals surface area contributed by atoms with E-state index in [0.717, 1.165) is 30.8 Å². The molecule has 0 aliphatic rings. The van der Waals surface area contributed by atoms with Crippen molar-refractivity contribution >= 4 is 15.9 Å². The number of halogens is 4. The lowest BCUT2D eigenvalue weighted by Crippen LogP contribution is -2.15. The first-order valence-corrected chi connectivity index (χ1v) is 7.59. The Morgan fingerprint density at radius 2 is 1.79 bits per heavy atom. The zero-order valence-corrected chi connectivity index (χ0v) is 12.4. The number of unbranched alkanes of at least 4 members (excludes halogenated alkanes) is 3. The molecule has 19 heavy (non-hydrogen) atoms. The van der Waals surface area contributed by atoms with Crippen LogP contribution in [0.4, 0.5) is 13.2 Å². The van der Waals surface area contributed by atoms with Gasteiger partial charge in [-0.15, -0.1) is 0 Å². The minimum Gasteiger partial charge on any atom is -0.313 e. The SMILES string of the molecule is FC(F)(F)c1cccc(CNCCCCCCBr)c1. The van der Waals surface area contributed by atoms with Crippen LogP contribution >= 0.6 is 15.9 Å². The van der Waals surface area contributed by atoms with Gasteiger partial charge in [0.25, 0.3) is 0 Å². The maximum Gasteiger partial charge on any atom is 0.416 e. The van der Waals surface area contributed by atoms with Gasteiger partial charge in [-0.05, 0) is 31.0 Å². The van der Waals surface area contributed by atoms with Crippen molar-refractivity contribution in [1.82, 2.24) is 5.32 Å². The molecule has 108 valence electrons. The van der Waals surface area contributed by atoms with Gasteiger partial charge in [0, 0.05) is 11.9 Å². The Hall–Kier alpha value is -0.550. The monoisotopic (exact) mass is 337 g/mol. The lowest BCUT2D eigenvalue weighted by atomic mass is 10.1. The highest BCUT2D eigenvalue weighted by Crippen LogP contribution is 2.29. The maximum atomic E-state index is 12.5. The second kappa shape index (κ2) is 8.59. The van der Waals surface area contributed by atoms with Crippen LogP contribution in [0.2, 0.25) is 0 Å². The fourth-order valence-electron chi connectivity index (χ4n) is 1.79. The average molecular weight is 338 g/mol. The summed E-state index contributed by atoms with van der Waals surface area (Å²) in [6.07, 6.45) is 0.322. The molecule has 0 atom stereocenters. The van der Waals surface area contributed by atoms with Crippen molar-refractivity contribution in [3.63, 3.8) is 0 Å². The Labute approximate surface area is 120 Å². The van der Waals surface area contributed by atoms with Crippen LogP contribution in [0.1, 0.15) is 36.8 Å². The third-order valence-corrected chi connectivity index (χ3v) is 3.38. The summed E-state index contributed by atoms with van der Waals surface area (Å²) < 4.78 is 37.5. The lowest BCUT2D eigenvalue weighted by Gasteiger charge is -2.09. The molecule has 0 amide bonds. The quantitative estimate of drug-likeness (QED) is 0.533. The largest absolute Gasteiger partial charge is 0.416 e. The molecular formula is C14H19BrF3N. The highest BCUT2D eigenvalue weighted by Gasteiger charge is 2.30. The van der Waals surface area contributed by atoms with Crippen molar-refractivity contribution in [3.05, 3.63) is 35.4 Å². The first-order chi connectivity index (χ1) is 9.04. The zero-order valence-electron chi connectivity index (χ0n) is 10.8. The van der Waals surface area contributed by atoms with Crippen LogP contribution < -0.4 is 5.32 Å². The highest BCUT2D eigenvalue weighted by molar-refractivity contribution is 9.09. The molecule has 1 aromatic rings. The van der Waals surface area contributed by atoms with Gasteiger partial charge in [0.15, 0.2) is 0 Å². The smallest absolute Gasteiger partial charge is 0.313 e. The molecule has 0 unspecified atom stereocenters. The molecule has 1 nitrogen and oxygen atoms in total. The van der Waals surface area contributed by atoms with E-state index in [2.05, 4.69) is 21.2 Å². The van der Waals surface area contributed by atoms with Crippen LogP contribution in [0.25, 0.3) is 0 Å². The van der Waals surface area contributed by atoms with Crippen LogP contribution in [-0.2, 0) is 12.7 Å². The van der Waals surface area contributed by atoms with Crippen LogP contribution in [0.5, 0.6) is 0 Å².